The minimum absolute atomic E-state index is 0.0226. The fraction of sp³-hybridized carbons (Fsp3) is 0.364. The Bertz CT molecular complexity index is 703. The third-order valence-electron chi connectivity index (χ3n) is 5.25. The van der Waals surface area contributed by atoms with Crippen molar-refractivity contribution in [1.29, 1.82) is 0 Å². The molecule has 0 heterocycles. The minimum Gasteiger partial charge on any atom is -0.355 e. The van der Waals surface area contributed by atoms with Crippen LogP contribution in [0.3, 0.4) is 0 Å². The van der Waals surface area contributed by atoms with E-state index in [1.54, 1.807) is 12.1 Å². The molecule has 1 amide bonds. The number of Topliss-reactive ketones (excluding diaryl/α,β-unsaturated/α-hetero) is 1. The molecular weight excluding hydrogens is 310 g/mol. The zero-order valence-electron chi connectivity index (χ0n) is 14.5. The van der Waals surface area contributed by atoms with Crippen LogP contribution in [0.4, 0.5) is 0 Å². The predicted octanol–water partition coefficient (Wildman–Crippen LogP) is 4.28. The predicted molar refractivity (Wildman–Crippen MR) is 99.6 cm³/mol. The van der Waals surface area contributed by atoms with Crippen molar-refractivity contribution >= 4 is 11.7 Å². The van der Waals surface area contributed by atoms with Crippen molar-refractivity contribution in [3.05, 3.63) is 71.8 Å². The SMILES string of the molecule is O=C(CCC(=O)c1ccccc1)NCC1(c2ccccc2)CCCC1. The monoisotopic (exact) mass is 335 g/mol. The van der Waals surface area contributed by atoms with E-state index in [2.05, 4.69) is 29.6 Å². The van der Waals surface area contributed by atoms with Crippen LogP contribution in [0.1, 0.15) is 54.4 Å². The van der Waals surface area contributed by atoms with Gasteiger partial charge in [0.1, 0.15) is 0 Å². The Hall–Kier alpha value is -2.42. The largest absolute Gasteiger partial charge is 0.355 e. The molecule has 1 N–H and O–H groups in total. The van der Waals surface area contributed by atoms with Crippen LogP contribution in [0.25, 0.3) is 0 Å². The van der Waals surface area contributed by atoms with Gasteiger partial charge in [-0.1, -0.05) is 73.5 Å². The summed E-state index contributed by atoms with van der Waals surface area (Å²) in [5.74, 6) is -0.0131. The first-order chi connectivity index (χ1) is 12.2. The second kappa shape index (κ2) is 8.11. The molecule has 0 unspecified atom stereocenters. The van der Waals surface area contributed by atoms with E-state index < -0.39 is 0 Å². The molecule has 3 nitrogen and oxygen atoms in total. The average Bonchev–Trinajstić information content (AvgIpc) is 3.16. The first kappa shape index (κ1) is 17.4. The van der Waals surface area contributed by atoms with Crippen molar-refractivity contribution in [1.82, 2.24) is 5.32 Å². The summed E-state index contributed by atoms with van der Waals surface area (Å²) in [4.78, 5) is 24.4. The highest BCUT2D eigenvalue weighted by Gasteiger charge is 2.35. The maximum atomic E-state index is 12.2. The highest BCUT2D eigenvalue weighted by atomic mass is 16.2. The molecule has 2 aromatic carbocycles. The van der Waals surface area contributed by atoms with Gasteiger partial charge in [-0.2, -0.15) is 0 Å². The van der Waals surface area contributed by atoms with E-state index in [1.165, 1.54) is 18.4 Å². The van der Waals surface area contributed by atoms with E-state index in [9.17, 15) is 9.59 Å². The summed E-state index contributed by atoms with van der Waals surface area (Å²) in [6.07, 6.45) is 5.14. The van der Waals surface area contributed by atoms with Gasteiger partial charge in [0.05, 0.1) is 0 Å². The summed E-state index contributed by atoms with van der Waals surface area (Å²) in [5, 5.41) is 3.08. The van der Waals surface area contributed by atoms with E-state index in [0.717, 1.165) is 12.8 Å². The Morgan fingerprint density at radius 2 is 1.44 bits per heavy atom. The summed E-state index contributed by atoms with van der Waals surface area (Å²) in [7, 11) is 0. The van der Waals surface area contributed by atoms with E-state index >= 15 is 0 Å². The topological polar surface area (TPSA) is 46.2 Å². The van der Waals surface area contributed by atoms with Gasteiger partial charge >= 0.3 is 0 Å². The van der Waals surface area contributed by atoms with E-state index in [4.69, 9.17) is 0 Å². The molecule has 1 saturated carbocycles. The maximum Gasteiger partial charge on any atom is 0.220 e. The van der Waals surface area contributed by atoms with Crippen molar-refractivity contribution in [2.75, 3.05) is 6.54 Å². The lowest BCUT2D eigenvalue weighted by Gasteiger charge is -2.30. The fourth-order valence-corrected chi connectivity index (χ4v) is 3.76. The zero-order chi connectivity index (χ0) is 17.5. The second-order valence-electron chi connectivity index (χ2n) is 6.92. The number of ketones is 1. The molecule has 3 heteroatoms. The van der Waals surface area contributed by atoms with Crippen molar-refractivity contribution in [2.45, 2.75) is 43.9 Å². The first-order valence-corrected chi connectivity index (χ1v) is 9.10. The molecule has 25 heavy (non-hydrogen) atoms. The summed E-state index contributed by atoms with van der Waals surface area (Å²) >= 11 is 0. The van der Waals surface area contributed by atoms with Gasteiger partial charge in [-0.3, -0.25) is 9.59 Å². The zero-order valence-corrected chi connectivity index (χ0v) is 14.5. The van der Waals surface area contributed by atoms with Crippen LogP contribution >= 0.6 is 0 Å². The molecule has 1 aliphatic rings. The molecular formula is C22H25NO2. The molecule has 2 aromatic rings. The van der Waals surface area contributed by atoms with Gasteiger partial charge in [-0.25, -0.2) is 0 Å². The number of rotatable bonds is 7. The number of nitrogens with one attached hydrogen (secondary N) is 1. The number of hydrogen-bond acceptors (Lipinski definition) is 2. The molecule has 0 aromatic heterocycles. The Kier molecular flexibility index (Phi) is 5.64. The lowest BCUT2D eigenvalue weighted by molar-refractivity contribution is -0.121. The number of hydrogen-bond donors (Lipinski definition) is 1. The Morgan fingerprint density at radius 3 is 2.08 bits per heavy atom. The van der Waals surface area contributed by atoms with Gasteiger partial charge in [0.15, 0.2) is 5.78 Å². The highest BCUT2D eigenvalue weighted by molar-refractivity contribution is 5.97. The van der Waals surface area contributed by atoms with Gasteiger partial charge in [0.25, 0.3) is 0 Å². The minimum atomic E-state index is -0.0357. The number of carbonyl (C=O) groups excluding carboxylic acids is 2. The van der Waals surface area contributed by atoms with E-state index in [0.29, 0.717) is 12.1 Å². The smallest absolute Gasteiger partial charge is 0.220 e. The van der Waals surface area contributed by atoms with Crippen LogP contribution in [0.15, 0.2) is 60.7 Å². The Balaban J connectivity index is 1.53. The number of carbonyl (C=O) groups is 2. The van der Waals surface area contributed by atoms with Crippen LogP contribution in [0, 0.1) is 0 Å². The Labute approximate surface area is 149 Å². The molecule has 0 aliphatic heterocycles. The summed E-state index contributed by atoms with van der Waals surface area (Å²) in [5.41, 5.74) is 2.04. The molecule has 0 atom stereocenters. The fourth-order valence-electron chi connectivity index (χ4n) is 3.76. The van der Waals surface area contributed by atoms with E-state index in [1.807, 2.05) is 24.3 Å². The van der Waals surface area contributed by atoms with Crippen LogP contribution in [-0.4, -0.2) is 18.2 Å². The molecule has 3 rings (SSSR count). The first-order valence-electron chi connectivity index (χ1n) is 9.10. The molecule has 0 bridgehead atoms. The van der Waals surface area contributed by atoms with Gasteiger partial charge in [-0.15, -0.1) is 0 Å². The maximum absolute atomic E-state index is 12.2. The molecule has 1 aliphatic carbocycles. The number of amides is 1. The molecule has 0 radical (unpaired) electrons. The third kappa shape index (κ3) is 4.36. The van der Waals surface area contributed by atoms with E-state index in [-0.39, 0.29) is 29.9 Å². The third-order valence-corrected chi connectivity index (χ3v) is 5.25. The van der Waals surface area contributed by atoms with Crippen molar-refractivity contribution < 1.29 is 9.59 Å². The molecule has 130 valence electrons. The van der Waals surface area contributed by atoms with Crippen LogP contribution < -0.4 is 5.32 Å². The van der Waals surface area contributed by atoms with Crippen LogP contribution in [0.5, 0.6) is 0 Å². The van der Waals surface area contributed by atoms with Crippen LogP contribution in [0.2, 0.25) is 0 Å². The molecule has 0 spiro atoms. The van der Waals surface area contributed by atoms with Crippen LogP contribution in [-0.2, 0) is 10.2 Å². The van der Waals surface area contributed by atoms with Gasteiger partial charge in [0.2, 0.25) is 5.91 Å². The van der Waals surface area contributed by atoms with Crippen molar-refractivity contribution in [3.63, 3.8) is 0 Å². The molecule has 1 fully saturated rings. The van der Waals surface area contributed by atoms with Gasteiger partial charge in [-0.05, 0) is 18.4 Å². The summed E-state index contributed by atoms with van der Waals surface area (Å²) < 4.78 is 0. The highest BCUT2D eigenvalue weighted by Crippen LogP contribution is 2.40. The summed E-state index contributed by atoms with van der Waals surface area (Å²) in [6, 6.07) is 19.6. The lowest BCUT2D eigenvalue weighted by atomic mass is 9.79. The number of benzene rings is 2. The van der Waals surface area contributed by atoms with Crippen molar-refractivity contribution in [3.8, 4) is 0 Å². The molecule has 0 saturated heterocycles. The normalized spacial score (nSPS) is 15.7. The Morgan fingerprint density at radius 1 is 0.840 bits per heavy atom. The standard InChI is InChI=1S/C22H25NO2/c24-20(18-9-3-1-4-10-18)13-14-21(25)23-17-22(15-7-8-16-22)19-11-5-2-6-12-19/h1-6,9-12H,7-8,13-17H2,(H,23,25). The quantitative estimate of drug-likeness (QED) is 0.768. The lowest BCUT2D eigenvalue weighted by Crippen LogP contribution is -2.39. The summed E-state index contributed by atoms with van der Waals surface area (Å²) in [6.45, 7) is 0.662. The van der Waals surface area contributed by atoms with Gasteiger partial charge < -0.3 is 5.32 Å². The van der Waals surface area contributed by atoms with Gasteiger partial charge in [0, 0.05) is 30.4 Å². The second-order valence-corrected chi connectivity index (χ2v) is 6.92. The average molecular weight is 335 g/mol. The van der Waals surface area contributed by atoms with Crippen molar-refractivity contribution in [2.24, 2.45) is 0 Å².